The number of aryl methyl sites for hydroxylation is 1. The highest BCUT2D eigenvalue weighted by Crippen LogP contribution is 2.34. The number of H-pyrrole nitrogens is 1. The van der Waals surface area contributed by atoms with E-state index in [1.807, 2.05) is 12.1 Å². The third kappa shape index (κ3) is 1.61. The summed E-state index contributed by atoms with van der Waals surface area (Å²) in [6.45, 7) is 3.82. The molecule has 88 valence electrons. The summed E-state index contributed by atoms with van der Waals surface area (Å²) in [4.78, 5) is 0. The minimum absolute atomic E-state index is 0.871. The first kappa shape index (κ1) is 10.4. The highest BCUT2D eigenvalue weighted by atomic mass is 16.5. The number of methoxy groups -OCH3 is 1. The van der Waals surface area contributed by atoms with Crippen LogP contribution in [0.1, 0.15) is 16.8 Å². The van der Waals surface area contributed by atoms with Crippen LogP contribution in [0.2, 0.25) is 0 Å². The predicted octanol–water partition coefficient (Wildman–Crippen LogP) is 2.00. The van der Waals surface area contributed by atoms with E-state index in [0.717, 1.165) is 30.1 Å². The summed E-state index contributed by atoms with van der Waals surface area (Å²) in [5.41, 5.74) is 5.72. The van der Waals surface area contributed by atoms with Crippen molar-refractivity contribution in [1.29, 1.82) is 0 Å². The molecule has 0 fully saturated rings. The molecule has 17 heavy (non-hydrogen) atoms. The van der Waals surface area contributed by atoms with Crippen molar-refractivity contribution in [2.45, 2.75) is 20.0 Å². The molecule has 0 saturated carbocycles. The van der Waals surface area contributed by atoms with Crippen molar-refractivity contribution in [2.24, 2.45) is 0 Å². The molecule has 1 aromatic carbocycles. The lowest BCUT2D eigenvalue weighted by Crippen LogP contribution is -2.03. The van der Waals surface area contributed by atoms with Crippen molar-refractivity contribution in [3.05, 3.63) is 35.0 Å². The lowest BCUT2D eigenvalue weighted by molar-refractivity contribution is 0.416. The molecule has 0 spiro atoms. The van der Waals surface area contributed by atoms with Gasteiger partial charge in [0.25, 0.3) is 0 Å². The molecule has 1 aromatic heterocycles. The highest BCUT2D eigenvalue weighted by Gasteiger charge is 2.21. The smallest absolute Gasteiger partial charge is 0.128 e. The van der Waals surface area contributed by atoms with Crippen molar-refractivity contribution in [1.82, 2.24) is 15.5 Å². The normalized spacial score (nSPS) is 13.8. The predicted molar refractivity (Wildman–Crippen MR) is 65.9 cm³/mol. The zero-order chi connectivity index (χ0) is 11.8. The topological polar surface area (TPSA) is 49.9 Å². The molecule has 0 aliphatic carbocycles. The molecule has 0 unspecified atom stereocenters. The number of hydrogen-bond donors (Lipinski definition) is 2. The number of aromatic amines is 1. The van der Waals surface area contributed by atoms with Gasteiger partial charge in [-0.2, -0.15) is 5.10 Å². The van der Waals surface area contributed by atoms with Gasteiger partial charge >= 0.3 is 0 Å². The Hall–Kier alpha value is -1.81. The summed E-state index contributed by atoms with van der Waals surface area (Å²) < 4.78 is 5.41. The second-order valence-corrected chi connectivity index (χ2v) is 4.34. The fourth-order valence-electron chi connectivity index (χ4n) is 2.28. The Bertz CT molecular complexity index is 560. The molecule has 0 saturated heterocycles. The molecule has 3 rings (SSSR count). The maximum atomic E-state index is 5.41. The summed E-state index contributed by atoms with van der Waals surface area (Å²) in [5, 5.41) is 10.8. The molecule has 2 aromatic rings. The minimum Gasteiger partial charge on any atom is -0.496 e. The summed E-state index contributed by atoms with van der Waals surface area (Å²) >= 11 is 0. The average molecular weight is 229 g/mol. The van der Waals surface area contributed by atoms with Crippen molar-refractivity contribution in [3.8, 4) is 17.0 Å². The Kier molecular flexibility index (Phi) is 2.37. The van der Waals surface area contributed by atoms with Gasteiger partial charge in [-0.25, -0.2) is 0 Å². The zero-order valence-corrected chi connectivity index (χ0v) is 10.0. The van der Waals surface area contributed by atoms with Gasteiger partial charge in [-0.05, 0) is 19.1 Å². The van der Waals surface area contributed by atoms with E-state index in [4.69, 9.17) is 4.74 Å². The lowest BCUT2D eigenvalue weighted by atomic mass is 10.0. The lowest BCUT2D eigenvalue weighted by Gasteiger charge is -2.08. The fourth-order valence-corrected chi connectivity index (χ4v) is 2.28. The largest absolute Gasteiger partial charge is 0.496 e. The molecule has 2 heterocycles. The van der Waals surface area contributed by atoms with E-state index in [-0.39, 0.29) is 0 Å². The van der Waals surface area contributed by atoms with Gasteiger partial charge in [-0.1, -0.05) is 11.6 Å². The third-order valence-corrected chi connectivity index (χ3v) is 3.17. The molecule has 0 atom stereocenters. The number of ether oxygens (including phenoxy) is 1. The van der Waals surface area contributed by atoms with E-state index in [1.165, 1.54) is 16.8 Å². The summed E-state index contributed by atoms with van der Waals surface area (Å²) in [6, 6.07) is 6.16. The van der Waals surface area contributed by atoms with E-state index < -0.39 is 0 Å². The summed E-state index contributed by atoms with van der Waals surface area (Å²) in [7, 11) is 1.69. The monoisotopic (exact) mass is 229 g/mol. The first-order chi connectivity index (χ1) is 8.29. The molecule has 1 aliphatic heterocycles. The Balaban J connectivity index is 2.17. The maximum Gasteiger partial charge on any atom is 0.128 e. The second-order valence-electron chi connectivity index (χ2n) is 4.34. The van der Waals surface area contributed by atoms with E-state index in [0.29, 0.717) is 0 Å². The van der Waals surface area contributed by atoms with E-state index >= 15 is 0 Å². The van der Waals surface area contributed by atoms with E-state index in [2.05, 4.69) is 28.5 Å². The van der Waals surface area contributed by atoms with Crippen LogP contribution in [0.5, 0.6) is 5.75 Å². The number of aromatic nitrogens is 2. The molecule has 4 nitrogen and oxygen atoms in total. The first-order valence-electron chi connectivity index (χ1n) is 5.71. The number of benzene rings is 1. The number of rotatable bonds is 2. The molecule has 0 amide bonds. The van der Waals surface area contributed by atoms with Crippen LogP contribution in [0, 0.1) is 6.92 Å². The Morgan fingerprint density at radius 3 is 3.00 bits per heavy atom. The van der Waals surface area contributed by atoms with E-state index in [1.54, 1.807) is 7.11 Å². The van der Waals surface area contributed by atoms with Gasteiger partial charge in [0.1, 0.15) is 11.4 Å². The molecule has 2 N–H and O–H groups in total. The third-order valence-electron chi connectivity index (χ3n) is 3.17. The van der Waals surface area contributed by atoms with Crippen LogP contribution in [0.3, 0.4) is 0 Å². The fraction of sp³-hybridized carbons (Fsp3) is 0.308. The Morgan fingerprint density at radius 1 is 1.29 bits per heavy atom. The van der Waals surface area contributed by atoms with Crippen LogP contribution in [-0.2, 0) is 13.1 Å². The second kappa shape index (κ2) is 3.89. The van der Waals surface area contributed by atoms with Crippen molar-refractivity contribution < 1.29 is 4.74 Å². The Morgan fingerprint density at radius 2 is 2.18 bits per heavy atom. The van der Waals surface area contributed by atoms with Crippen LogP contribution in [0.15, 0.2) is 18.2 Å². The highest BCUT2D eigenvalue weighted by molar-refractivity contribution is 5.71. The van der Waals surface area contributed by atoms with Gasteiger partial charge < -0.3 is 10.1 Å². The summed E-state index contributed by atoms with van der Waals surface area (Å²) in [6.07, 6.45) is 0. The molecule has 0 bridgehead atoms. The van der Waals surface area contributed by atoms with Crippen LogP contribution >= 0.6 is 0 Å². The molecule has 4 heteroatoms. The van der Waals surface area contributed by atoms with Gasteiger partial charge in [0.15, 0.2) is 0 Å². The first-order valence-corrected chi connectivity index (χ1v) is 5.71. The van der Waals surface area contributed by atoms with Gasteiger partial charge in [-0.3, -0.25) is 5.10 Å². The van der Waals surface area contributed by atoms with Crippen LogP contribution in [-0.4, -0.2) is 17.3 Å². The van der Waals surface area contributed by atoms with Crippen molar-refractivity contribution >= 4 is 0 Å². The average Bonchev–Trinajstić information content (AvgIpc) is 2.90. The maximum absolute atomic E-state index is 5.41. The van der Waals surface area contributed by atoms with Gasteiger partial charge in [0.05, 0.1) is 12.8 Å². The quantitative estimate of drug-likeness (QED) is 0.828. The van der Waals surface area contributed by atoms with Crippen molar-refractivity contribution in [3.63, 3.8) is 0 Å². The van der Waals surface area contributed by atoms with Gasteiger partial charge in [-0.15, -0.1) is 0 Å². The molecular formula is C13H15N3O. The number of fused-ring (bicyclic) bond motifs is 1. The van der Waals surface area contributed by atoms with Crippen molar-refractivity contribution in [2.75, 3.05) is 7.11 Å². The minimum atomic E-state index is 0.871. The van der Waals surface area contributed by atoms with Gasteiger partial charge in [0.2, 0.25) is 0 Å². The molecular weight excluding hydrogens is 214 g/mol. The number of nitrogens with zero attached hydrogens (tertiary/aromatic N) is 1. The summed E-state index contributed by atoms with van der Waals surface area (Å²) in [5.74, 6) is 0.872. The van der Waals surface area contributed by atoms with E-state index in [9.17, 15) is 0 Å². The number of nitrogens with one attached hydrogen (secondary N) is 2. The Labute approximate surface area is 100 Å². The standard InChI is InChI=1S/C13H15N3O/c1-8-3-4-12(17-2)9(5-8)13-10-6-14-7-11(10)15-16-13/h3-5,14H,6-7H2,1-2H3,(H,15,16). The number of hydrogen-bond acceptors (Lipinski definition) is 3. The van der Waals surface area contributed by atoms with Crippen LogP contribution in [0.25, 0.3) is 11.3 Å². The molecule has 0 radical (unpaired) electrons. The van der Waals surface area contributed by atoms with Gasteiger partial charge in [0, 0.05) is 24.2 Å². The van der Waals surface area contributed by atoms with Crippen LogP contribution < -0.4 is 10.1 Å². The zero-order valence-electron chi connectivity index (χ0n) is 10.0. The van der Waals surface area contributed by atoms with Crippen LogP contribution in [0.4, 0.5) is 0 Å². The SMILES string of the molecule is COc1ccc(C)cc1-c1n[nH]c2c1CNC2. The molecule has 1 aliphatic rings.